The molecule has 0 saturated heterocycles. The third-order valence-corrected chi connectivity index (χ3v) is 6.12. The maximum atomic E-state index is 13.4. The van der Waals surface area contributed by atoms with Gasteiger partial charge in [-0.15, -0.1) is 11.3 Å². The van der Waals surface area contributed by atoms with Crippen molar-refractivity contribution in [1.29, 1.82) is 0 Å². The third kappa shape index (κ3) is 4.86. The second kappa shape index (κ2) is 8.20. The van der Waals surface area contributed by atoms with Crippen LogP contribution < -0.4 is 5.32 Å². The van der Waals surface area contributed by atoms with Crippen LogP contribution in [0.2, 0.25) is 0 Å². The highest BCUT2D eigenvalue weighted by molar-refractivity contribution is 9.12. The van der Waals surface area contributed by atoms with Gasteiger partial charge in [-0.2, -0.15) is 0 Å². The summed E-state index contributed by atoms with van der Waals surface area (Å²) in [6.07, 6.45) is 1.90. The van der Waals surface area contributed by atoms with Crippen molar-refractivity contribution >= 4 is 59.1 Å². The Morgan fingerprint density at radius 3 is 2.57 bits per heavy atom. The predicted molar refractivity (Wildman–Crippen MR) is 98.6 cm³/mol. The molecule has 2 aromatic rings. The van der Waals surface area contributed by atoms with Crippen molar-refractivity contribution < 1.29 is 4.39 Å². The number of rotatable bonds is 6. The van der Waals surface area contributed by atoms with Gasteiger partial charge in [0.2, 0.25) is 0 Å². The molecule has 0 aliphatic rings. The Morgan fingerprint density at radius 2 is 2.00 bits per heavy atom. The molecule has 0 aliphatic heterocycles. The largest absolute Gasteiger partial charge is 0.310 e. The van der Waals surface area contributed by atoms with E-state index >= 15 is 0 Å². The number of nitrogens with one attached hydrogen (secondary N) is 1. The monoisotopic (exact) mass is 497 g/mol. The minimum absolute atomic E-state index is 0.208. The van der Waals surface area contributed by atoms with Gasteiger partial charge in [-0.1, -0.05) is 13.0 Å². The molecule has 2 rings (SSSR count). The highest BCUT2D eigenvalue weighted by Crippen LogP contribution is 2.36. The van der Waals surface area contributed by atoms with Gasteiger partial charge >= 0.3 is 0 Å². The van der Waals surface area contributed by atoms with E-state index in [9.17, 15) is 4.39 Å². The van der Waals surface area contributed by atoms with Crippen molar-refractivity contribution in [3.8, 4) is 0 Å². The van der Waals surface area contributed by atoms with Gasteiger partial charge in [0.1, 0.15) is 5.82 Å². The van der Waals surface area contributed by atoms with E-state index in [1.807, 2.05) is 12.1 Å². The van der Waals surface area contributed by atoms with E-state index in [4.69, 9.17) is 0 Å². The molecule has 0 radical (unpaired) electrons. The number of thiophene rings is 1. The van der Waals surface area contributed by atoms with Crippen molar-refractivity contribution in [3.63, 3.8) is 0 Å². The lowest BCUT2D eigenvalue weighted by atomic mass is 10.0. The van der Waals surface area contributed by atoms with Crippen LogP contribution in [0.3, 0.4) is 0 Å². The van der Waals surface area contributed by atoms with E-state index in [1.165, 1.54) is 11.6 Å². The molecule has 1 atom stereocenters. The molecule has 1 nitrogen and oxygen atoms in total. The van der Waals surface area contributed by atoms with Crippen LogP contribution in [0.25, 0.3) is 0 Å². The second-order valence-electron chi connectivity index (χ2n) is 4.74. The summed E-state index contributed by atoms with van der Waals surface area (Å²) in [6, 6.07) is 7.55. The molecule has 1 N–H and O–H groups in total. The van der Waals surface area contributed by atoms with Crippen LogP contribution in [0, 0.1) is 5.82 Å². The molecule has 6 heteroatoms. The molecule has 0 saturated carbocycles. The molecular formula is C15H15Br3FNS. The summed E-state index contributed by atoms with van der Waals surface area (Å²) >= 11 is 12.1. The zero-order valence-electron chi connectivity index (χ0n) is 11.4. The summed E-state index contributed by atoms with van der Waals surface area (Å²) in [5.74, 6) is -0.226. The molecule has 0 spiro atoms. The Bertz CT molecular complexity index is 615. The Balaban J connectivity index is 2.23. The van der Waals surface area contributed by atoms with Gasteiger partial charge in [-0.05, 0) is 96.5 Å². The van der Waals surface area contributed by atoms with Crippen molar-refractivity contribution in [2.24, 2.45) is 0 Å². The smallest absolute Gasteiger partial charge is 0.137 e. The summed E-state index contributed by atoms with van der Waals surface area (Å²) in [7, 11) is 0. The molecule has 1 aromatic carbocycles. The van der Waals surface area contributed by atoms with Gasteiger partial charge in [0.15, 0.2) is 0 Å². The van der Waals surface area contributed by atoms with Crippen LogP contribution in [-0.2, 0) is 6.42 Å². The molecule has 0 bridgehead atoms. The first-order valence-electron chi connectivity index (χ1n) is 6.63. The van der Waals surface area contributed by atoms with Crippen molar-refractivity contribution in [2.45, 2.75) is 25.8 Å². The maximum absolute atomic E-state index is 13.4. The molecule has 1 unspecified atom stereocenters. The number of halogens is 4. The lowest BCUT2D eigenvalue weighted by Crippen LogP contribution is -2.24. The van der Waals surface area contributed by atoms with Gasteiger partial charge < -0.3 is 5.32 Å². The quantitative estimate of drug-likeness (QED) is 0.481. The topological polar surface area (TPSA) is 12.0 Å². The fourth-order valence-corrected chi connectivity index (χ4v) is 5.50. The summed E-state index contributed by atoms with van der Waals surface area (Å²) < 4.78 is 16.1. The van der Waals surface area contributed by atoms with Crippen molar-refractivity contribution in [3.05, 3.63) is 53.3 Å². The van der Waals surface area contributed by atoms with Gasteiger partial charge in [0.25, 0.3) is 0 Å². The predicted octanol–water partition coefficient (Wildman–Crippen LogP) is 6.46. The van der Waals surface area contributed by atoms with Gasteiger partial charge in [0.05, 0.1) is 12.0 Å². The van der Waals surface area contributed by atoms with Crippen LogP contribution in [-0.4, -0.2) is 6.54 Å². The van der Waals surface area contributed by atoms with Crippen LogP contribution in [0.1, 0.15) is 30.5 Å². The molecule has 1 aromatic heterocycles. The summed E-state index contributed by atoms with van der Waals surface area (Å²) in [5, 5.41) is 3.57. The van der Waals surface area contributed by atoms with E-state index in [1.54, 1.807) is 11.3 Å². The van der Waals surface area contributed by atoms with E-state index in [0.29, 0.717) is 4.47 Å². The number of benzene rings is 1. The fraction of sp³-hybridized carbons (Fsp3) is 0.333. The Morgan fingerprint density at radius 1 is 1.24 bits per heavy atom. The molecule has 114 valence electrons. The number of hydrogen-bond acceptors (Lipinski definition) is 2. The fourth-order valence-electron chi connectivity index (χ4n) is 2.10. The standard InChI is InChI=1S/C15H15Br3FNS/c1-2-5-20-13(10-8-14(17)21-15(10)18)7-9-3-4-12(19)11(16)6-9/h3-4,6,8,13,20H,2,5,7H2,1H3. The highest BCUT2D eigenvalue weighted by atomic mass is 79.9. The average Bonchev–Trinajstić information content (AvgIpc) is 2.77. The Kier molecular flexibility index (Phi) is 6.87. The minimum atomic E-state index is -0.226. The SMILES string of the molecule is CCCNC(Cc1ccc(F)c(Br)c1)c1cc(Br)sc1Br. The normalized spacial score (nSPS) is 12.6. The maximum Gasteiger partial charge on any atom is 0.137 e. The van der Waals surface area contributed by atoms with Crippen LogP contribution in [0.15, 0.2) is 36.3 Å². The zero-order valence-corrected chi connectivity index (χ0v) is 17.0. The molecule has 1 heterocycles. The summed E-state index contributed by atoms with van der Waals surface area (Å²) in [4.78, 5) is 0. The first-order valence-corrected chi connectivity index (χ1v) is 9.82. The Labute approximate surface area is 153 Å². The molecule has 0 fully saturated rings. The first-order chi connectivity index (χ1) is 10.0. The van der Waals surface area contributed by atoms with Crippen molar-refractivity contribution in [2.75, 3.05) is 6.54 Å². The summed E-state index contributed by atoms with van der Waals surface area (Å²) in [5.41, 5.74) is 2.34. The lowest BCUT2D eigenvalue weighted by Gasteiger charge is -2.19. The molecular weight excluding hydrogens is 485 g/mol. The zero-order chi connectivity index (χ0) is 15.4. The lowest BCUT2D eigenvalue weighted by molar-refractivity contribution is 0.528. The van der Waals surface area contributed by atoms with Gasteiger partial charge in [-0.25, -0.2) is 4.39 Å². The van der Waals surface area contributed by atoms with Crippen LogP contribution in [0.4, 0.5) is 4.39 Å². The highest BCUT2D eigenvalue weighted by Gasteiger charge is 2.17. The van der Waals surface area contributed by atoms with E-state index in [0.717, 1.165) is 32.5 Å². The minimum Gasteiger partial charge on any atom is -0.310 e. The van der Waals surface area contributed by atoms with E-state index < -0.39 is 0 Å². The van der Waals surface area contributed by atoms with Crippen LogP contribution in [0.5, 0.6) is 0 Å². The molecule has 0 aliphatic carbocycles. The van der Waals surface area contributed by atoms with Gasteiger partial charge in [0, 0.05) is 6.04 Å². The average molecular weight is 500 g/mol. The molecule has 0 amide bonds. The van der Waals surface area contributed by atoms with E-state index in [-0.39, 0.29) is 11.9 Å². The second-order valence-corrected chi connectivity index (χ2v) is 9.34. The van der Waals surface area contributed by atoms with Gasteiger partial charge in [-0.3, -0.25) is 0 Å². The third-order valence-electron chi connectivity index (χ3n) is 3.12. The van der Waals surface area contributed by atoms with Crippen molar-refractivity contribution in [1.82, 2.24) is 5.32 Å². The van der Waals surface area contributed by atoms with E-state index in [2.05, 4.69) is 66.1 Å². The number of hydrogen-bond donors (Lipinski definition) is 1. The molecule has 21 heavy (non-hydrogen) atoms. The first kappa shape index (κ1) is 17.6. The Hall–Kier alpha value is 0.250. The summed E-state index contributed by atoms with van der Waals surface area (Å²) in [6.45, 7) is 3.10. The van der Waals surface area contributed by atoms with Crippen LogP contribution >= 0.6 is 59.1 Å².